The number of rotatable bonds is 4. The Morgan fingerprint density at radius 1 is 1.48 bits per heavy atom. The molecule has 0 aliphatic rings. The quantitative estimate of drug-likeness (QED) is 0.696. The van der Waals surface area contributed by atoms with Crippen LogP contribution in [0.15, 0.2) is 24.4 Å². The Morgan fingerprint density at radius 2 is 2.19 bits per heavy atom. The van der Waals surface area contributed by atoms with Crippen LogP contribution in [-0.2, 0) is 4.79 Å². The van der Waals surface area contributed by atoms with Crippen molar-refractivity contribution in [1.82, 2.24) is 4.98 Å². The molecule has 1 amide bonds. The molecule has 0 saturated carbocycles. The summed E-state index contributed by atoms with van der Waals surface area (Å²) in [6.45, 7) is 3.58. The van der Waals surface area contributed by atoms with Crippen LogP contribution >= 0.6 is 11.8 Å². The Labute approximate surface area is 128 Å². The molecule has 1 heterocycles. The third-order valence-corrected chi connectivity index (χ3v) is 4.33. The molecule has 2 N–H and O–H groups in total. The Kier molecular flexibility index (Phi) is 4.10. The highest BCUT2D eigenvalue weighted by Gasteiger charge is 2.32. The monoisotopic (exact) mass is 300 g/mol. The van der Waals surface area contributed by atoms with E-state index in [1.165, 1.54) is 11.8 Å². The second-order valence-corrected chi connectivity index (χ2v) is 5.98. The summed E-state index contributed by atoms with van der Waals surface area (Å²) in [5.74, 6) is 2.59. The topological polar surface area (TPSA) is 65.2 Å². The number of amides is 1. The Morgan fingerprint density at radius 3 is 2.76 bits per heavy atom. The number of carbonyl (C=O) groups is 1. The van der Waals surface area contributed by atoms with Crippen LogP contribution in [0.5, 0.6) is 5.75 Å². The first-order valence-electron chi connectivity index (χ1n) is 6.30. The molecule has 2 aromatic rings. The summed E-state index contributed by atoms with van der Waals surface area (Å²) in [4.78, 5) is 14.8. The molecule has 1 atom stereocenters. The molecule has 2 rings (SSSR count). The molecule has 1 aromatic heterocycles. The fourth-order valence-electron chi connectivity index (χ4n) is 1.95. The van der Waals surface area contributed by atoms with E-state index in [0.29, 0.717) is 11.3 Å². The van der Waals surface area contributed by atoms with E-state index in [-0.39, 0.29) is 0 Å². The number of nitrogens with two attached hydrogens (primary N) is 1. The van der Waals surface area contributed by atoms with Gasteiger partial charge >= 0.3 is 0 Å². The first-order valence-corrected chi connectivity index (χ1v) is 7.53. The van der Waals surface area contributed by atoms with Crippen molar-refractivity contribution < 1.29 is 9.53 Å². The van der Waals surface area contributed by atoms with Crippen molar-refractivity contribution in [2.45, 2.75) is 18.8 Å². The molecular weight excluding hydrogens is 284 g/mol. The largest absolute Gasteiger partial charge is 0.467 e. The van der Waals surface area contributed by atoms with Crippen molar-refractivity contribution in [1.29, 1.82) is 0 Å². The van der Waals surface area contributed by atoms with Crippen LogP contribution in [0.2, 0.25) is 0 Å². The first kappa shape index (κ1) is 15.2. The minimum Gasteiger partial charge on any atom is -0.467 e. The van der Waals surface area contributed by atoms with Crippen LogP contribution in [0.4, 0.5) is 0 Å². The minimum atomic E-state index is -1.11. The van der Waals surface area contributed by atoms with Crippen LogP contribution in [-0.4, -0.2) is 22.1 Å². The van der Waals surface area contributed by atoms with Gasteiger partial charge in [-0.05, 0) is 43.9 Å². The average Bonchev–Trinajstić information content (AvgIpc) is 2.46. The Balaban J connectivity index is 2.51. The SMILES string of the molecule is C#Cc1cnc2c(C)cc(OC(C)(SC)C(N)=O)cc2c1. The molecule has 108 valence electrons. The van der Waals surface area contributed by atoms with Gasteiger partial charge in [0.1, 0.15) is 5.75 Å². The summed E-state index contributed by atoms with van der Waals surface area (Å²) in [6, 6.07) is 5.51. The van der Waals surface area contributed by atoms with Crippen molar-refractivity contribution in [2.24, 2.45) is 5.73 Å². The van der Waals surface area contributed by atoms with E-state index in [4.69, 9.17) is 16.9 Å². The third kappa shape index (κ3) is 2.96. The molecule has 1 aromatic carbocycles. The highest BCUT2D eigenvalue weighted by Crippen LogP contribution is 2.30. The van der Waals surface area contributed by atoms with Gasteiger partial charge in [-0.3, -0.25) is 9.78 Å². The van der Waals surface area contributed by atoms with Crippen molar-refractivity contribution >= 4 is 28.6 Å². The number of fused-ring (bicyclic) bond motifs is 1. The summed E-state index contributed by atoms with van der Waals surface area (Å²) in [5.41, 5.74) is 7.89. The molecule has 0 radical (unpaired) electrons. The number of hydrogen-bond donors (Lipinski definition) is 1. The average molecular weight is 300 g/mol. The minimum absolute atomic E-state index is 0.525. The maximum atomic E-state index is 11.5. The van der Waals surface area contributed by atoms with E-state index in [9.17, 15) is 4.79 Å². The zero-order valence-electron chi connectivity index (χ0n) is 12.1. The second kappa shape index (κ2) is 5.66. The first-order chi connectivity index (χ1) is 9.89. The predicted molar refractivity (Wildman–Crippen MR) is 86.2 cm³/mol. The van der Waals surface area contributed by atoms with Gasteiger partial charge in [-0.25, -0.2) is 0 Å². The van der Waals surface area contributed by atoms with E-state index in [1.54, 1.807) is 19.4 Å². The van der Waals surface area contributed by atoms with E-state index >= 15 is 0 Å². The fourth-order valence-corrected chi connectivity index (χ4v) is 2.33. The zero-order chi connectivity index (χ0) is 15.6. The number of nitrogens with zero attached hydrogens (tertiary/aromatic N) is 1. The lowest BCUT2D eigenvalue weighted by atomic mass is 10.1. The number of pyridine rings is 1. The van der Waals surface area contributed by atoms with Gasteiger partial charge < -0.3 is 10.5 Å². The fraction of sp³-hybridized carbons (Fsp3) is 0.250. The lowest BCUT2D eigenvalue weighted by Gasteiger charge is -2.25. The molecule has 4 nitrogen and oxygen atoms in total. The third-order valence-electron chi connectivity index (χ3n) is 3.26. The number of benzene rings is 1. The van der Waals surface area contributed by atoms with Gasteiger partial charge in [-0.1, -0.05) is 5.92 Å². The number of primary amides is 1. The lowest BCUT2D eigenvalue weighted by molar-refractivity contribution is -0.125. The van der Waals surface area contributed by atoms with Crippen LogP contribution in [0.3, 0.4) is 0 Å². The van der Waals surface area contributed by atoms with Crippen molar-refractivity contribution in [2.75, 3.05) is 6.26 Å². The van der Waals surface area contributed by atoms with Crippen LogP contribution < -0.4 is 10.5 Å². The van der Waals surface area contributed by atoms with Crippen LogP contribution in [0.1, 0.15) is 18.1 Å². The molecule has 1 unspecified atom stereocenters. The number of hydrogen-bond acceptors (Lipinski definition) is 4. The smallest absolute Gasteiger partial charge is 0.272 e. The number of aromatic nitrogens is 1. The van der Waals surface area contributed by atoms with Gasteiger partial charge in [-0.2, -0.15) is 0 Å². The summed E-state index contributed by atoms with van der Waals surface area (Å²) in [7, 11) is 0. The maximum Gasteiger partial charge on any atom is 0.272 e. The highest BCUT2D eigenvalue weighted by atomic mass is 32.2. The summed E-state index contributed by atoms with van der Waals surface area (Å²) < 4.78 is 5.78. The second-order valence-electron chi connectivity index (χ2n) is 4.80. The van der Waals surface area contributed by atoms with Crippen LogP contribution in [0, 0.1) is 19.3 Å². The molecule has 0 saturated heterocycles. The highest BCUT2D eigenvalue weighted by molar-refractivity contribution is 8.00. The van der Waals surface area contributed by atoms with Crippen molar-refractivity contribution in [3.05, 3.63) is 35.5 Å². The molecule has 0 aliphatic heterocycles. The molecule has 0 spiro atoms. The van der Waals surface area contributed by atoms with Gasteiger partial charge in [-0.15, -0.1) is 18.2 Å². The number of terminal acetylenes is 1. The van der Waals surface area contributed by atoms with E-state index in [1.807, 2.05) is 25.1 Å². The van der Waals surface area contributed by atoms with Gasteiger partial charge in [0, 0.05) is 17.1 Å². The van der Waals surface area contributed by atoms with E-state index in [0.717, 1.165) is 16.5 Å². The number of carbonyl (C=O) groups excluding carboxylic acids is 1. The number of ether oxygens (including phenoxy) is 1. The standard InChI is InChI=1S/C16H16N2O2S/c1-5-11-7-12-8-13(6-10(2)14(12)18-9-11)20-16(3,21-4)15(17)19/h1,6-9H,2-4H3,(H2,17,19). The van der Waals surface area contributed by atoms with Gasteiger partial charge in [0.15, 0.2) is 0 Å². The van der Waals surface area contributed by atoms with Crippen molar-refractivity contribution in [3.8, 4) is 18.1 Å². The summed E-state index contributed by atoms with van der Waals surface area (Å²) in [6.07, 6.45) is 8.83. The molecule has 0 fully saturated rings. The Bertz CT molecular complexity index is 752. The lowest BCUT2D eigenvalue weighted by Crippen LogP contribution is -2.43. The maximum absolute atomic E-state index is 11.5. The molecule has 0 aliphatic carbocycles. The zero-order valence-corrected chi connectivity index (χ0v) is 13.0. The molecule has 5 heteroatoms. The number of aryl methyl sites for hydroxylation is 1. The Hall–Kier alpha value is -2.19. The van der Waals surface area contributed by atoms with Gasteiger partial charge in [0.25, 0.3) is 5.91 Å². The molecular formula is C16H16N2O2S. The summed E-state index contributed by atoms with van der Waals surface area (Å²) >= 11 is 1.25. The molecule has 0 bridgehead atoms. The summed E-state index contributed by atoms with van der Waals surface area (Å²) in [5, 5.41) is 0.869. The van der Waals surface area contributed by atoms with E-state index in [2.05, 4.69) is 10.9 Å². The van der Waals surface area contributed by atoms with Crippen LogP contribution in [0.25, 0.3) is 10.9 Å². The van der Waals surface area contributed by atoms with Gasteiger partial charge in [0.05, 0.1) is 5.52 Å². The van der Waals surface area contributed by atoms with Gasteiger partial charge in [0.2, 0.25) is 4.93 Å². The van der Waals surface area contributed by atoms with Crippen molar-refractivity contribution in [3.63, 3.8) is 0 Å². The molecule has 21 heavy (non-hydrogen) atoms. The normalized spacial score (nSPS) is 13.4. The predicted octanol–water partition coefficient (Wildman–Crippen LogP) is 2.47. The number of thioether (sulfide) groups is 1. The van der Waals surface area contributed by atoms with E-state index < -0.39 is 10.8 Å².